The van der Waals surface area contributed by atoms with Crippen molar-refractivity contribution in [3.8, 4) is 0 Å². The fourth-order valence-electron chi connectivity index (χ4n) is 2.49. The van der Waals surface area contributed by atoms with Gasteiger partial charge in [0.1, 0.15) is 17.0 Å². The van der Waals surface area contributed by atoms with E-state index < -0.39 is 11.9 Å². The third-order valence-corrected chi connectivity index (χ3v) is 5.18. The second kappa shape index (κ2) is 6.78. The van der Waals surface area contributed by atoms with Crippen molar-refractivity contribution in [1.82, 2.24) is 5.43 Å². The van der Waals surface area contributed by atoms with Gasteiger partial charge >= 0.3 is 6.09 Å². The molecule has 2 aliphatic heterocycles. The van der Waals surface area contributed by atoms with Crippen LogP contribution in [-0.2, 0) is 9.53 Å². The van der Waals surface area contributed by atoms with Gasteiger partial charge in [0.15, 0.2) is 0 Å². The third kappa shape index (κ3) is 3.09. The summed E-state index contributed by atoms with van der Waals surface area (Å²) in [6.07, 6.45) is -0.311. The minimum atomic E-state index is -0.541. The Bertz CT molecular complexity index is 712. The zero-order valence-corrected chi connectivity index (χ0v) is 13.8. The van der Waals surface area contributed by atoms with Gasteiger partial charge in [-0.05, 0) is 24.6 Å². The number of hydrazone groups is 1. The molecule has 0 radical (unpaired) electrons. The maximum absolute atomic E-state index is 14.5. The third-order valence-electron chi connectivity index (χ3n) is 3.82. The van der Waals surface area contributed by atoms with Crippen LogP contribution in [0.25, 0.3) is 0 Å². The van der Waals surface area contributed by atoms with Crippen LogP contribution in [0.3, 0.4) is 0 Å². The molecule has 1 saturated heterocycles. The first-order valence-electron chi connectivity index (χ1n) is 7.55. The summed E-state index contributed by atoms with van der Waals surface area (Å²) in [4.78, 5) is 24.8. The molecule has 1 aromatic rings. The SMILES string of the molecule is CCC1SC(c2ccc(N3C[C@H](CN)OC3=O)cc2F)=NNC1=O. The molecular formula is C15H17FN4O3S. The minimum Gasteiger partial charge on any atom is -0.443 e. The molecule has 0 aliphatic carbocycles. The maximum atomic E-state index is 14.5. The number of nitrogens with one attached hydrogen (secondary N) is 1. The lowest BCUT2D eigenvalue weighted by molar-refractivity contribution is -0.120. The lowest BCUT2D eigenvalue weighted by Crippen LogP contribution is -2.34. The Morgan fingerprint density at radius 1 is 1.50 bits per heavy atom. The Hall–Kier alpha value is -2.13. The summed E-state index contributed by atoms with van der Waals surface area (Å²) < 4.78 is 19.6. The number of ether oxygens (including phenoxy) is 1. The van der Waals surface area contributed by atoms with Crippen LogP contribution >= 0.6 is 11.8 Å². The standard InChI is InChI=1S/C15H17FN4O3S/c1-2-12-13(21)18-19-14(24-12)10-4-3-8(5-11(10)16)20-7-9(6-17)23-15(20)22/h3-5,9,12H,2,6-7,17H2,1H3,(H,18,21)/t9-,12?/m0/s1. The second-order valence-electron chi connectivity index (χ2n) is 5.42. The smallest absolute Gasteiger partial charge is 0.414 e. The Labute approximate surface area is 142 Å². The van der Waals surface area contributed by atoms with Crippen molar-refractivity contribution in [3.63, 3.8) is 0 Å². The molecule has 0 bridgehead atoms. The Morgan fingerprint density at radius 3 is 2.92 bits per heavy atom. The van der Waals surface area contributed by atoms with E-state index in [2.05, 4.69) is 10.5 Å². The highest BCUT2D eigenvalue weighted by Gasteiger charge is 2.32. The van der Waals surface area contributed by atoms with E-state index in [1.165, 1.54) is 22.7 Å². The van der Waals surface area contributed by atoms with E-state index in [4.69, 9.17) is 10.5 Å². The number of benzene rings is 1. The van der Waals surface area contributed by atoms with E-state index >= 15 is 0 Å². The van der Waals surface area contributed by atoms with Crippen LogP contribution in [0.4, 0.5) is 14.9 Å². The number of anilines is 1. The Kier molecular flexibility index (Phi) is 4.72. The van der Waals surface area contributed by atoms with E-state index in [-0.39, 0.29) is 35.9 Å². The van der Waals surface area contributed by atoms with Gasteiger partial charge in [0, 0.05) is 12.1 Å². The number of rotatable bonds is 4. The van der Waals surface area contributed by atoms with Crippen molar-refractivity contribution in [2.45, 2.75) is 24.7 Å². The summed E-state index contributed by atoms with van der Waals surface area (Å²) in [7, 11) is 0. The van der Waals surface area contributed by atoms with Crippen LogP contribution in [0.15, 0.2) is 23.3 Å². The number of nitrogens with two attached hydrogens (primary N) is 1. The van der Waals surface area contributed by atoms with Gasteiger partial charge in [0.05, 0.1) is 17.5 Å². The summed E-state index contributed by atoms with van der Waals surface area (Å²) in [5, 5.41) is 4.04. The minimum absolute atomic E-state index is 0.184. The van der Waals surface area contributed by atoms with Crippen molar-refractivity contribution in [1.29, 1.82) is 0 Å². The molecule has 2 aliphatic rings. The number of halogens is 1. The van der Waals surface area contributed by atoms with Crippen molar-refractivity contribution in [2.24, 2.45) is 10.8 Å². The van der Waals surface area contributed by atoms with Gasteiger partial charge < -0.3 is 10.5 Å². The molecule has 2 atom stereocenters. The van der Waals surface area contributed by atoms with Gasteiger partial charge in [-0.2, -0.15) is 5.10 Å². The van der Waals surface area contributed by atoms with Crippen LogP contribution in [-0.4, -0.2) is 41.5 Å². The van der Waals surface area contributed by atoms with Crippen LogP contribution in [0.1, 0.15) is 18.9 Å². The fraction of sp³-hybridized carbons (Fsp3) is 0.400. The average molecular weight is 352 g/mol. The molecule has 1 unspecified atom stereocenters. The van der Waals surface area contributed by atoms with Crippen LogP contribution in [0.2, 0.25) is 0 Å². The fourth-order valence-corrected chi connectivity index (χ4v) is 3.47. The van der Waals surface area contributed by atoms with E-state index in [0.717, 1.165) is 0 Å². The molecule has 1 aromatic carbocycles. The first-order valence-corrected chi connectivity index (χ1v) is 8.43. The molecule has 24 heavy (non-hydrogen) atoms. The topological polar surface area (TPSA) is 97.0 Å². The summed E-state index contributed by atoms with van der Waals surface area (Å²) >= 11 is 1.23. The highest BCUT2D eigenvalue weighted by atomic mass is 32.2. The number of carbonyl (C=O) groups excluding carboxylic acids is 2. The van der Waals surface area contributed by atoms with Crippen molar-refractivity contribution in [3.05, 3.63) is 29.6 Å². The molecule has 0 aromatic heterocycles. The van der Waals surface area contributed by atoms with Gasteiger partial charge in [-0.25, -0.2) is 14.6 Å². The van der Waals surface area contributed by atoms with E-state index in [1.807, 2.05) is 6.92 Å². The summed E-state index contributed by atoms with van der Waals surface area (Å²) in [5.74, 6) is -0.704. The molecule has 128 valence electrons. The molecule has 7 nitrogen and oxygen atoms in total. The van der Waals surface area contributed by atoms with Gasteiger partial charge in [-0.3, -0.25) is 9.69 Å². The normalized spacial score (nSPS) is 23.8. The number of amides is 2. The first kappa shape index (κ1) is 16.7. The quantitative estimate of drug-likeness (QED) is 0.854. The molecule has 1 fully saturated rings. The Morgan fingerprint density at radius 2 is 2.29 bits per heavy atom. The molecule has 2 amide bonds. The van der Waals surface area contributed by atoms with E-state index in [1.54, 1.807) is 12.1 Å². The first-order chi connectivity index (χ1) is 11.5. The number of nitrogens with zero attached hydrogens (tertiary/aromatic N) is 2. The molecule has 0 spiro atoms. The molecule has 9 heteroatoms. The van der Waals surface area contributed by atoms with Crippen molar-refractivity contribution < 1.29 is 18.7 Å². The van der Waals surface area contributed by atoms with Gasteiger partial charge in [-0.15, -0.1) is 0 Å². The number of carbonyl (C=O) groups is 2. The predicted octanol–water partition coefficient (Wildman–Crippen LogP) is 1.41. The van der Waals surface area contributed by atoms with Crippen molar-refractivity contribution in [2.75, 3.05) is 18.0 Å². The van der Waals surface area contributed by atoms with Crippen LogP contribution < -0.4 is 16.1 Å². The lowest BCUT2D eigenvalue weighted by Gasteiger charge is -2.20. The van der Waals surface area contributed by atoms with Gasteiger partial charge in [-0.1, -0.05) is 18.7 Å². The average Bonchev–Trinajstić information content (AvgIpc) is 2.96. The predicted molar refractivity (Wildman–Crippen MR) is 89.4 cm³/mol. The van der Waals surface area contributed by atoms with Gasteiger partial charge in [0.2, 0.25) is 0 Å². The summed E-state index contributed by atoms with van der Waals surface area (Å²) in [6.45, 7) is 2.39. The van der Waals surface area contributed by atoms with Gasteiger partial charge in [0.25, 0.3) is 5.91 Å². The van der Waals surface area contributed by atoms with Crippen LogP contribution in [0.5, 0.6) is 0 Å². The van der Waals surface area contributed by atoms with Crippen LogP contribution in [0, 0.1) is 5.82 Å². The second-order valence-corrected chi connectivity index (χ2v) is 6.62. The summed E-state index contributed by atoms with van der Waals surface area (Å²) in [5.41, 5.74) is 8.59. The monoisotopic (exact) mass is 352 g/mol. The molecule has 0 saturated carbocycles. The highest BCUT2D eigenvalue weighted by Crippen LogP contribution is 2.29. The zero-order chi connectivity index (χ0) is 17.3. The number of thioether (sulfide) groups is 1. The highest BCUT2D eigenvalue weighted by molar-refractivity contribution is 8.15. The van der Waals surface area contributed by atoms with Crippen molar-refractivity contribution >= 4 is 34.5 Å². The summed E-state index contributed by atoms with van der Waals surface area (Å²) in [6, 6.07) is 4.43. The number of hydrogen-bond donors (Lipinski definition) is 2. The molecule has 3 N–H and O–H groups in total. The largest absolute Gasteiger partial charge is 0.443 e. The Balaban J connectivity index is 1.83. The maximum Gasteiger partial charge on any atom is 0.414 e. The number of cyclic esters (lactones) is 1. The molecule has 3 rings (SSSR count). The lowest BCUT2D eigenvalue weighted by atomic mass is 10.2. The zero-order valence-electron chi connectivity index (χ0n) is 13.0. The van der Waals surface area contributed by atoms with E-state index in [9.17, 15) is 14.0 Å². The number of hydrogen-bond acceptors (Lipinski definition) is 6. The molecule has 2 heterocycles. The molecular weight excluding hydrogens is 335 g/mol. The van der Waals surface area contributed by atoms with E-state index in [0.29, 0.717) is 17.2 Å².